The Kier molecular flexibility index (Phi) is 16.0. The minimum atomic E-state index is -2.07. The molecule has 0 radical (unpaired) electrons. The molecule has 6 N–H and O–H groups in total. The number of ether oxygens (including phenoxy) is 2. The van der Waals surface area contributed by atoms with Crippen molar-refractivity contribution < 1.29 is 83.7 Å². The molecular formula is C28H35N3O14. The Morgan fingerprint density at radius 3 is 1.82 bits per heavy atom. The monoisotopic (exact) mass is 637 g/mol. The second-order valence-electron chi connectivity index (χ2n) is 9.72. The highest BCUT2D eigenvalue weighted by atomic mass is 16.5. The number of aromatic amines is 1. The van der Waals surface area contributed by atoms with Crippen molar-refractivity contribution in [3.05, 3.63) is 53.3 Å². The highest BCUT2D eigenvalue weighted by Gasteiger charge is 2.34. The van der Waals surface area contributed by atoms with Gasteiger partial charge in [0.15, 0.2) is 41.8 Å². The maximum Gasteiger partial charge on any atom is 0.351 e. The number of carboxylic acids is 6. The molecule has 0 spiro atoms. The fraction of sp³-hybridized carbons (Fsp3) is 0.393. The highest BCUT2D eigenvalue weighted by molar-refractivity contribution is 6.27. The first kappa shape index (κ1) is 37.7. The number of carbonyl (C=O) groups excluding carboxylic acids is 3. The highest BCUT2D eigenvalue weighted by Crippen LogP contribution is 2.31. The molecule has 246 valence electrons. The Balaban J connectivity index is 0.000000462. The largest absolute Gasteiger partial charge is 0.539 e. The molecule has 3 unspecified atom stereocenters. The number of benzene rings is 1. The number of piperidine rings is 1. The summed E-state index contributed by atoms with van der Waals surface area (Å²) in [6.07, 6.45) is 7.93. The molecule has 3 heterocycles. The summed E-state index contributed by atoms with van der Waals surface area (Å²) in [6, 6.07) is 9.46. The lowest BCUT2D eigenvalue weighted by Gasteiger charge is -2.37. The van der Waals surface area contributed by atoms with Crippen molar-refractivity contribution >= 4 is 35.8 Å². The maximum atomic E-state index is 9.04. The number of pyridine rings is 1. The number of likely N-dealkylation sites (tertiary alicyclic amines) is 1. The van der Waals surface area contributed by atoms with Crippen LogP contribution in [0.25, 0.3) is 0 Å². The van der Waals surface area contributed by atoms with Crippen LogP contribution in [0.2, 0.25) is 0 Å². The number of carbonyl (C=O) groups is 6. The average Bonchev–Trinajstić information content (AvgIpc) is 3.01. The Hall–Kier alpha value is -5.29. The van der Waals surface area contributed by atoms with E-state index in [0.717, 1.165) is 37.1 Å². The number of fused-ring (bicyclic) bond motifs is 1. The van der Waals surface area contributed by atoms with Crippen LogP contribution in [-0.2, 0) is 48.3 Å². The molecule has 1 fully saturated rings. The van der Waals surface area contributed by atoms with E-state index in [-0.39, 0.29) is 0 Å². The van der Waals surface area contributed by atoms with E-state index in [4.69, 9.17) is 68.9 Å². The van der Waals surface area contributed by atoms with Crippen molar-refractivity contribution in [3.63, 3.8) is 0 Å². The number of quaternary nitrogens is 2. The minimum absolute atomic E-state index is 0.752. The Bertz CT molecular complexity index is 1240. The number of methoxy groups -OCH3 is 2. The van der Waals surface area contributed by atoms with Gasteiger partial charge in [0.1, 0.15) is 25.7 Å². The van der Waals surface area contributed by atoms with Crippen LogP contribution in [0.15, 0.2) is 36.7 Å². The van der Waals surface area contributed by atoms with Crippen molar-refractivity contribution in [1.29, 1.82) is 0 Å². The normalized spacial score (nSPS) is 17.9. The second kappa shape index (κ2) is 19.1. The lowest BCUT2D eigenvalue weighted by atomic mass is 9.95. The molecule has 0 aliphatic carbocycles. The third kappa shape index (κ3) is 13.7. The number of rotatable bonds is 5. The molecule has 45 heavy (non-hydrogen) atoms. The quantitative estimate of drug-likeness (QED) is 0.191. The molecule has 17 nitrogen and oxygen atoms in total. The molecule has 4 rings (SSSR count). The summed E-state index contributed by atoms with van der Waals surface area (Å²) in [7, 11) is 3.44. The van der Waals surface area contributed by atoms with Gasteiger partial charge in [0, 0.05) is 30.9 Å². The molecule has 1 saturated heterocycles. The predicted octanol–water partition coefficient (Wildman–Crippen LogP) is -6.83. The van der Waals surface area contributed by atoms with E-state index in [1.165, 1.54) is 49.2 Å². The summed E-state index contributed by atoms with van der Waals surface area (Å²) in [4.78, 5) is 60.8. The maximum absolute atomic E-state index is 9.04. The van der Waals surface area contributed by atoms with Crippen LogP contribution in [0.1, 0.15) is 29.5 Å². The molecule has 2 aliphatic rings. The summed E-state index contributed by atoms with van der Waals surface area (Å²) in [5.74, 6) is -10.3. The van der Waals surface area contributed by atoms with Crippen molar-refractivity contribution in [2.45, 2.75) is 38.4 Å². The van der Waals surface area contributed by atoms with E-state index in [0.29, 0.717) is 0 Å². The summed E-state index contributed by atoms with van der Waals surface area (Å²) in [6.45, 7) is 6.02. The zero-order valence-electron chi connectivity index (χ0n) is 24.5. The first-order chi connectivity index (χ1) is 21.2. The van der Waals surface area contributed by atoms with Gasteiger partial charge < -0.3 is 64.3 Å². The van der Waals surface area contributed by atoms with Gasteiger partial charge in [0.2, 0.25) is 0 Å². The summed E-state index contributed by atoms with van der Waals surface area (Å²) >= 11 is 0. The van der Waals surface area contributed by atoms with Crippen LogP contribution in [0.3, 0.4) is 0 Å². The molecule has 0 amide bonds. The van der Waals surface area contributed by atoms with Crippen molar-refractivity contribution in [1.82, 2.24) is 0 Å². The van der Waals surface area contributed by atoms with E-state index >= 15 is 0 Å². The minimum Gasteiger partial charge on any atom is -0.539 e. The number of H-pyrrole nitrogens is 1. The SMILES string of the molecule is COc1cc2c(cc1OC)C[NH+](C1CCC[NH+](Cc3ccc[nH+]c3)C1)CC2.O=C([O-])C(=O)O.O=C([O-])C(=O)O.O=C([O-])C(=O)O. The van der Waals surface area contributed by atoms with Gasteiger partial charge in [-0.05, 0) is 23.8 Å². The Labute approximate surface area is 256 Å². The first-order valence-corrected chi connectivity index (χ1v) is 13.4. The standard InChI is InChI=1S/C22H29N3O2.3C2H2O4/c1-26-21-11-18-7-10-25(15-19(18)12-22(21)27-2)20-6-4-9-24(16-20)14-17-5-3-8-23-13-17;3*3-1(4)2(5)6/h3,5,8,11-13,20H,4,6-7,9-10,14-16H2,1-2H3;3*(H,3,4)(H,5,6). The molecule has 1 aromatic carbocycles. The molecule has 2 aromatic rings. The fourth-order valence-electron chi connectivity index (χ4n) is 4.83. The van der Waals surface area contributed by atoms with Crippen LogP contribution in [0.4, 0.5) is 0 Å². The average molecular weight is 638 g/mol. The molecule has 2 aliphatic heterocycles. The van der Waals surface area contributed by atoms with E-state index in [2.05, 4.69) is 35.4 Å². The molecule has 1 aromatic heterocycles. The lowest BCUT2D eigenvalue weighted by Crippen LogP contribution is -3.24. The van der Waals surface area contributed by atoms with Gasteiger partial charge in [-0.3, -0.25) is 0 Å². The number of hydrogen-bond donors (Lipinski definition) is 5. The third-order valence-electron chi connectivity index (χ3n) is 6.78. The molecular weight excluding hydrogens is 602 g/mol. The Morgan fingerprint density at radius 2 is 1.38 bits per heavy atom. The lowest BCUT2D eigenvalue weighted by molar-refractivity contribution is -0.998. The van der Waals surface area contributed by atoms with Crippen LogP contribution < -0.4 is 39.6 Å². The van der Waals surface area contributed by atoms with Crippen molar-refractivity contribution in [3.8, 4) is 11.5 Å². The second-order valence-corrected chi connectivity index (χ2v) is 9.72. The smallest absolute Gasteiger partial charge is 0.351 e. The van der Waals surface area contributed by atoms with E-state index in [1.54, 1.807) is 24.0 Å². The zero-order chi connectivity index (χ0) is 34.1. The van der Waals surface area contributed by atoms with Crippen LogP contribution >= 0.6 is 0 Å². The topological polar surface area (TPSA) is 274 Å². The molecule has 17 heteroatoms. The number of hydrogen-bond acceptors (Lipinski definition) is 11. The van der Waals surface area contributed by atoms with Gasteiger partial charge >= 0.3 is 17.9 Å². The van der Waals surface area contributed by atoms with Crippen molar-refractivity contribution in [2.75, 3.05) is 33.9 Å². The fourth-order valence-corrected chi connectivity index (χ4v) is 4.83. The predicted molar refractivity (Wildman–Crippen MR) is 141 cm³/mol. The van der Waals surface area contributed by atoms with Crippen LogP contribution in [0, 0.1) is 0 Å². The third-order valence-corrected chi connectivity index (χ3v) is 6.78. The van der Waals surface area contributed by atoms with E-state index < -0.39 is 35.8 Å². The van der Waals surface area contributed by atoms with Gasteiger partial charge in [-0.1, -0.05) is 0 Å². The zero-order valence-corrected chi connectivity index (χ0v) is 24.5. The van der Waals surface area contributed by atoms with Gasteiger partial charge in [0.05, 0.1) is 32.9 Å². The number of aromatic nitrogens is 1. The van der Waals surface area contributed by atoms with Crippen LogP contribution in [-0.4, -0.2) is 91.0 Å². The Morgan fingerprint density at radius 1 is 0.867 bits per heavy atom. The summed E-state index contributed by atoms with van der Waals surface area (Å²) < 4.78 is 11.0. The summed E-state index contributed by atoms with van der Waals surface area (Å²) in [5, 5.41) is 49.0. The van der Waals surface area contributed by atoms with E-state index in [9.17, 15) is 0 Å². The van der Waals surface area contributed by atoms with Gasteiger partial charge in [-0.25, -0.2) is 19.4 Å². The molecule has 0 saturated carbocycles. The van der Waals surface area contributed by atoms with Crippen molar-refractivity contribution in [2.24, 2.45) is 0 Å². The number of aliphatic carboxylic acids is 6. The molecule has 3 atom stereocenters. The number of carboxylic acid groups (broad SMARTS) is 6. The first-order valence-electron chi connectivity index (χ1n) is 13.4. The van der Waals surface area contributed by atoms with E-state index in [1.807, 2.05) is 6.20 Å². The van der Waals surface area contributed by atoms with Gasteiger partial charge in [0.25, 0.3) is 0 Å². The van der Waals surface area contributed by atoms with Gasteiger partial charge in [-0.2, -0.15) is 0 Å². The molecule has 0 bridgehead atoms. The van der Waals surface area contributed by atoms with Gasteiger partial charge in [-0.15, -0.1) is 0 Å². The van der Waals surface area contributed by atoms with Crippen LogP contribution in [0.5, 0.6) is 11.5 Å². The number of nitrogens with one attached hydrogen (secondary N) is 3. The summed E-state index contributed by atoms with van der Waals surface area (Å²) in [5.41, 5.74) is 4.26.